The summed E-state index contributed by atoms with van der Waals surface area (Å²) < 4.78 is 0. The van der Waals surface area contributed by atoms with Crippen LogP contribution in [0.5, 0.6) is 0 Å². The minimum absolute atomic E-state index is 0.146. The number of aliphatic carboxylic acids is 1. The summed E-state index contributed by atoms with van der Waals surface area (Å²) in [6.45, 7) is 7.13. The van der Waals surface area contributed by atoms with Crippen LogP contribution in [0.4, 0.5) is 5.69 Å². The van der Waals surface area contributed by atoms with Crippen LogP contribution in [0.15, 0.2) is 18.2 Å². The van der Waals surface area contributed by atoms with Crippen molar-refractivity contribution in [3.05, 3.63) is 29.3 Å². The number of carboxylic acids is 1. The summed E-state index contributed by atoms with van der Waals surface area (Å²) in [4.78, 5) is 34.9. The molecule has 0 saturated heterocycles. The van der Waals surface area contributed by atoms with Gasteiger partial charge in [-0.25, -0.2) is 0 Å². The predicted octanol–water partition coefficient (Wildman–Crippen LogP) is 2.18. The van der Waals surface area contributed by atoms with Gasteiger partial charge in [-0.15, -0.1) is 0 Å². The van der Waals surface area contributed by atoms with Gasteiger partial charge in [0.25, 0.3) is 5.91 Å². The molecule has 0 atom stereocenters. The molecule has 3 N–H and O–H groups in total. The van der Waals surface area contributed by atoms with Crippen LogP contribution in [0.3, 0.4) is 0 Å². The van der Waals surface area contributed by atoms with E-state index in [-0.39, 0.29) is 12.3 Å². The molecule has 0 spiro atoms. The van der Waals surface area contributed by atoms with Crippen LogP contribution in [0.25, 0.3) is 0 Å². The molecule has 0 aliphatic carbocycles. The van der Waals surface area contributed by atoms with Gasteiger partial charge >= 0.3 is 5.97 Å². The molecule has 0 aliphatic rings. The molecule has 0 heterocycles. The number of carboxylic acid groups (broad SMARTS) is 1. The average Bonchev–Trinajstić information content (AvgIpc) is 2.40. The molecule has 120 valence electrons. The van der Waals surface area contributed by atoms with Crippen LogP contribution >= 0.6 is 0 Å². The quantitative estimate of drug-likeness (QED) is 0.750. The Labute approximate surface area is 129 Å². The van der Waals surface area contributed by atoms with E-state index < -0.39 is 17.3 Å². The van der Waals surface area contributed by atoms with E-state index >= 15 is 0 Å². The summed E-state index contributed by atoms with van der Waals surface area (Å²) in [7, 11) is 0. The molecule has 0 radical (unpaired) electrons. The van der Waals surface area contributed by atoms with Gasteiger partial charge in [0, 0.05) is 24.2 Å². The molecule has 0 fully saturated rings. The highest BCUT2D eigenvalue weighted by Gasteiger charge is 2.30. The Morgan fingerprint density at radius 1 is 1.23 bits per heavy atom. The van der Waals surface area contributed by atoms with Gasteiger partial charge in [-0.05, 0) is 45.4 Å². The van der Waals surface area contributed by atoms with E-state index in [1.54, 1.807) is 25.1 Å². The first-order valence-corrected chi connectivity index (χ1v) is 7.09. The minimum atomic E-state index is -1.14. The predicted molar refractivity (Wildman–Crippen MR) is 83.8 cm³/mol. The minimum Gasteiger partial charge on any atom is -0.481 e. The number of anilines is 1. The first-order valence-electron chi connectivity index (χ1n) is 7.09. The molecule has 0 aromatic heterocycles. The highest BCUT2D eigenvalue weighted by molar-refractivity contribution is 5.98. The van der Waals surface area contributed by atoms with Gasteiger partial charge in [-0.1, -0.05) is 6.07 Å². The van der Waals surface area contributed by atoms with Gasteiger partial charge in [0.05, 0.1) is 5.41 Å². The zero-order valence-electron chi connectivity index (χ0n) is 13.3. The first kappa shape index (κ1) is 17.7. The topological polar surface area (TPSA) is 95.5 Å². The SMILES string of the molecule is CCNC(=O)c1ccc(C)c(NC(=O)CC(C)(C)C(=O)O)c1. The summed E-state index contributed by atoms with van der Waals surface area (Å²) >= 11 is 0. The normalized spacial score (nSPS) is 10.9. The number of benzene rings is 1. The van der Waals surface area contributed by atoms with Gasteiger partial charge in [0.2, 0.25) is 5.91 Å². The molecular weight excluding hydrogens is 284 g/mol. The number of aryl methyl sites for hydroxylation is 1. The fourth-order valence-corrected chi connectivity index (χ4v) is 1.83. The Balaban J connectivity index is 2.89. The monoisotopic (exact) mass is 306 g/mol. The van der Waals surface area contributed by atoms with E-state index in [2.05, 4.69) is 10.6 Å². The molecule has 1 rings (SSSR count). The Kier molecular flexibility index (Phi) is 5.68. The maximum Gasteiger partial charge on any atom is 0.309 e. The smallest absolute Gasteiger partial charge is 0.309 e. The first-order chi connectivity index (χ1) is 10.2. The number of hydrogen-bond acceptors (Lipinski definition) is 3. The molecule has 1 aromatic carbocycles. The van der Waals surface area contributed by atoms with Gasteiger partial charge in [0.15, 0.2) is 0 Å². The average molecular weight is 306 g/mol. The van der Waals surface area contributed by atoms with Crippen molar-refractivity contribution in [1.29, 1.82) is 0 Å². The van der Waals surface area contributed by atoms with Crippen LogP contribution in [0.2, 0.25) is 0 Å². The van der Waals surface area contributed by atoms with Gasteiger partial charge in [-0.2, -0.15) is 0 Å². The lowest BCUT2D eigenvalue weighted by Crippen LogP contribution is -2.29. The lowest BCUT2D eigenvalue weighted by Gasteiger charge is -2.19. The summed E-state index contributed by atoms with van der Waals surface area (Å²) in [6, 6.07) is 5.01. The van der Waals surface area contributed by atoms with Crippen molar-refractivity contribution in [1.82, 2.24) is 5.32 Å². The second-order valence-corrected chi connectivity index (χ2v) is 5.80. The molecule has 6 heteroatoms. The molecular formula is C16H22N2O4. The zero-order chi connectivity index (χ0) is 16.9. The highest BCUT2D eigenvalue weighted by Crippen LogP contribution is 2.23. The van der Waals surface area contributed by atoms with Crippen LogP contribution in [0, 0.1) is 12.3 Å². The maximum atomic E-state index is 12.0. The number of hydrogen-bond donors (Lipinski definition) is 3. The van der Waals surface area contributed by atoms with E-state index in [0.717, 1.165) is 5.56 Å². The van der Waals surface area contributed by atoms with Crippen molar-refractivity contribution in [2.75, 3.05) is 11.9 Å². The van der Waals surface area contributed by atoms with Gasteiger partial charge in [-0.3, -0.25) is 14.4 Å². The fraction of sp³-hybridized carbons (Fsp3) is 0.438. The molecule has 0 unspecified atom stereocenters. The molecule has 2 amide bonds. The van der Waals surface area contributed by atoms with Crippen molar-refractivity contribution in [3.8, 4) is 0 Å². The molecule has 1 aromatic rings. The highest BCUT2D eigenvalue weighted by atomic mass is 16.4. The number of carbonyl (C=O) groups excluding carboxylic acids is 2. The molecule has 6 nitrogen and oxygen atoms in total. The van der Waals surface area contributed by atoms with Crippen molar-refractivity contribution in [2.24, 2.45) is 5.41 Å². The number of carbonyl (C=O) groups is 3. The Morgan fingerprint density at radius 2 is 1.86 bits per heavy atom. The summed E-state index contributed by atoms with van der Waals surface area (Å²) in [5.41, 5.74) is 0.611. The molecule has 0 saturated carbocycles. The van der Waals surface area contributed by atoms with Crippen molar-refractivity contribution in [3.63, 3.8) is 0 Å². The van der Waals surface area contributed by atoms with Crippen molar-refractivity contribution < 1.29 is 19.5 Å². The number of nitrogens with one attached hydrogen (secondary N) is 2. The maximum absolute atomic E-state index is 12.0. The standard InChI is InChI=1S/C16H22N2O4/c1-5-17-14(20)11-7-6-10(2)12(8-11)18-13(19)9-16(3,4)15(21)22/h6-8H,5,9H2,1-4H3,(H,17,20)(H,18,19)(H,21,22). The van der Waals surface area contributed by atoms with Crippen molar-refractivity contribution in [2.45, 2.75) is 34.1 Å². The Bertz CT molecular complexity index is 594. The Hall–Kier alpha value is -2.37. The van der Waals surface area contributed by atoms with Crippen molar-refractivity contribution >= 4 is 23.5 Å². The third kappa shape index (κ3) is 4.58. The zero-order valence-corrected chi connectivity index (χ0v) is 13.3. The molecule has 0 aliphatic heterocycles. The number of amides is 2. The van der Waals surface area contributed by atoms with Crippen LogP contribution in [-0.4, -0.2) is 29.4 Å². The Morgan fingerprint density at radius 3 is 2.41 bits per heavy atom. The lowest BCUT2D eigenvalue weighted by molar-refractivity contribution is -0.148. The lowest BCUT2D eigenvalue weighted by atomic mass is 9.89. The fourth-order valence-electron chi connectivity index (χ4n) is 1.83. The van der Waals surface area contributed by atoms with Gasteiger partial charge < -0.3 is 15.7 Å². The van der Waals surface area contributed by atoms with E-state index in [0.29, 0.717) is 17.8 Å². The summed E-state index contributed by atoms with van der Waals surface area (Å²) in [5.74, 6) is -1.65. The number of rotatable bonds is 6. The van der Waals surface area contributed by atoms with Crippen LogP contribution in [0.1, 0.15) is 43.1 Å². The summed E-state index contributed by atoms with van der Waals surface area (Å²) in [5, 5.41) is 14.4. The van der Waals surface area contributed by atoms with Gasteiger partial charge in [0.1, 0.15) is 0 Å². The van der Waals surface area contributed by atoms with E-state index in [9.17, 15) is 14.4 Å². The largest absolute Gasteiger partial charge is 0.481 e. The second-order valence-electron chi connectivity index (χ2n) is 5.80. The second kappa shape index (κ2) is 7.06. The molecule has 0 bridgehead atoms. The molecule has 22 heavy (non-hydrogen) atoms. The van der Waals surface area contributed by atoms with E-state index in [4.69, 9.17) is 5.11 Å². The van der Waals surface area contributed by atoms with E-state index in [1.807, 2.05) is 6.92 Å². The van der Waals surface area contributed by atoms with E-state index in [1.165, 1.54) is 13.8 Å². The third-order valence-corrected chi connectivity index (χ3v) is 3.29. The third-order valence-electron chi connectivity index (χ3n) is 3.29. The van der Waals surface area contributed by atoms with Crippen LogP contribution in [-0.2, 0) is 9.59 Å². The van der Waals surface area contributed by atoms with Crippen LogP contribution < -0.4 is 10.6 Å². The summed E-state index contributed by atoms with van der Waals surface area (Å²) in [6.07, 6.45) is -0.146.